The van der Waals surface area contributed by atoms with Crippen LogP contribution in [0.15, 0.2) is 36.5 Å². The third kappa shape index (κ3) is 4.36. The predicted molar refractivity (Wildman–Crippen MR) is 68.0 cm³/mol. The molecule has 0 N–H and O–H groups in total. The van der Waals surface area contributed by atoms with Gasteiger partial charge in [-0.05, 0) is 12.1 Å². The summed E-state index contributed by atoms with van der Waals surface area (Å²) in [6.45, 7) is 4.74. The first-order valence-electron chi connectivity index (χ1n) is 5.77. The zero-order valence-electron chi connectivity index (χ0n) is 10.6. The smallest absolute Gasteiger partial charge is 0.109 e. The Morgan fingerprint density at radius 2 is 1.82 bits per heavy atom. The van der Waals surface area contributed by atoms with E-state index in [0.29, 0.717) is 6.61 Å². The molecule has 1 aromatic carbocycles. The van der Waals surface area contributed by atoms with Crippen molar-refractivity contribution in [1.29, 1.82) is 0 Å². The molecule has 0 saturated carbocycles. The molecule has 2 rings (SSSR count). The van der Waals surface area contributed by atoms with Crippen molar-refractivity contribution in [2.24, 2.45) is 0 Å². The normalized spacial score (nSPS) is 9.59. The first-order valence-corrected chi connectivity index (χ1v) is 5.77. The zero-order valence-corrected chi connectivity index (χ0v) is 10.6. The van der Waals surface area contributed by atoms with Crippen LogP contribution in [0.25, 0.3) is 5.69 Å². The number of hydrogen-bond donors (Lipinski definition) is 0. The fourth-order valence-electron chi connectivity index (χ4n) is 1.22. The van der Waals surface area contributed by atoms with Crippen LogP contribution < -0.4 is 0 Å². The van der Waals surface area contributed by atoms with E-state index in [1.54, 1.807) is 11.8 Å². The Morgan fingerprint density at radius 3 is 2.41 bits per heavy atom. The molecule has 4 nitrogen and oxygen atoms in total. The Bertz CT molecular complexity index is 412. The fourth-order valence-corrected chi connectivity index (χ4v) is 1.22. The zero-order chi connectivity index (χ0) is 12.5. The van der Waals surface area contributed by atoms with Crippen LogP contribution in [0.5, 0.6) is 0 Å². The third-order valence-corrected chi connectivity index (χ3v) is 1.85. The molecular formula is C13H19N3O. The van der Waals surface area contributed by atoms with Gasteiger partial charge in [0, 0.05) is 7.11 Å². The van der Waals surface area contributed by atoms with Crippen LogP contribution in [0.3, 0.4) is 0 Å². The molecule has 0 saturated heterocycles. The molecule has 1 aromatic heterocycles. The standard InChI is InChI=1S/C10H11N3O.C3H8/c1-14-8-9-7-13(12-11-9)10-5-3-2-4-6-10;1-3-2/h2-7H,8H2,1H3;3H2,1-2H3. The molecule has 2 aromatic rings. The Labute approximate surface area is 102 Å². The molecule has 0 aliphatic rings. The summed E-state index contributed by atoms with van der Waals surface area (Å²) in [5.74, 6) is 0. The lowest BCUT2D eigenvalue weighted by Crippen LogP contribution is -1.93. The highest BCUT2D eigenvalue weighted by Crippen LogP contribution is 2.05. The maximum Gasteiger partial charge on any atom is 0.109 e. The molecule has 0 spiro atoms. The van der Waals surface area contributed by atoms with Crippen molar-refractivity contribution in [3.63, 3.8) is 0 Å². The van der Waals surface area contributed by atoms with E-state index in [-0.39, 0.29) is 0 Å². The Balaban J connectivity index is 0.000000437. The second-order valence-electron chi connectivity index (χ2n) is 3.63. The number of aromatic nitrogens is 3. The summed E-state index contributed by atoms with van der Waals surface area (Å²) in [5.41, 5.74) is 1.83. The van der Waals surface area contributed by atoms with E-state index >= 15 is 0 Å². The van der Waals surface area contributed by atoms with Crippen molar-refractivity contribution in [3.8, 4) is 5.69 Å². The Hall–Kier alpha value is -1.68. The minimum absolute atomic E-state index is 0.493. The largest absolute Gasteiger partial charge is 0.378 e. The second kappa shape index (κ2) is 7.57. The molecule has 17 heavy (non-hydrogen) atoms. The van der Waals surface area contributed by atoms with Gasteiger partial charge in [0.1, 0.15) is 5.69 Å². The lowest BCUT2D eigenvalue weighted by Gasteiger charge is -1.97. The van der Waals surface area contributed by atoms with E-state index in [0.717, 1.165) is 11.4 Å². The SMILES string of the molecule is CCC.COCc1cn(-c2ccccc2)nn1. The highest BCUT2D eigenvalue weighted by atomic mass is 16.5. The first kappa shape index (κ1) is 13.4. The van der Waals surface area contributed by atoms with E-state index in [2.05, 4.69) is 24.2 Å². The molecule has 0 amide bonds. The lowest BCUT2D eigenvalue weighted by atomic mass is 10.3. The lowest BCUT2D eigenvalue weighted by molar-refractivity contribution is 0.181. The number of benzene rings is 1. The summed E-state index contributed by atoms with van der Waals surface area (Å²) < 4.78 is 6.69. The first-order chi connectivity index (χ1) is 8.31. The minimum atomic E-state index is 0.493. The molecule has 0 aliphatic heterocycles. The number of hydrogen-bond acceptors (Lipinski definition) is 3. The van der Waals surface area contributed by atoms with Crippen LogP contribution in [0, 0.1) is 0 Å². The van der Waals surface area contributed by atoms with Crippen molar-refractivity contribution in [2.75, 3.05) is 7.11 Å². The van der Waals surface area contributed by atoms with Gasteiger partial charge >= 0.3 is 0 Å². The summed E-state index contributed by atoms with van der Waals surface area (Å²) in [4.78, 5) is 0. The molecule has 0 aliphatic carbocycles. The van der Waals surface area contributed by atoms with Crippen molar-refractivity contribution in [3.05, 3.63) is 42.2 Å². The van der Waals surface area contributed by atoms with Gasteiger partial charge in [-0.15, -0.1) is 5.10 Å². The van der Waals surface area contributed by atoms with Crippen molar-refractivity contribution >= 4 is 0 Å². The van der Waals surface area contributed by atoms with Crippen LogP contribution >= 0.6 is 0 Å². The van der Waals surface area contributed by atoms with Gasteiger partial charge in [0.15, 0.2) is 0 Å². The van der Waals surface area contributed by atoms with E-state index in [1.807, 2.05) is 36.5 Å². The third-order valence-electron chi connectivity index (χ3n) is 1.85. The van der Waals surface area contributed by atoms with E-state index in [1.165, 1.54) is 6.42 Å². The summed E-state index contributed by atoms with van der Waals surface area (Å²) >= 11 is 0. The minimum Gasteiger partial charge on any atom is -0.378 e. The van der Waals surface area contributed by atoms with Crippen LogP contribution in [0.1, 0.15) is 26.0 Å². The highest BCUT2D eigenvalue weighted by molar-refractivity contribution is 5.29. The topological polar surface area (TPSA) is 39.9 Å². The van der Waals surface area contributed by atoms with E-state index in [4.69, 9.17) is 4.74 Å². The molecule has 0 atom stereocenters. The molecule has 0 radical (unpaired) electrons. The molecule has 92 valence electrons. The van der Waals surface area contributed by atoms with E-state index < -0.39 is 0 Å². The van der Waals surface area contributed by atoms with Gasteiger partial charge in [0.05, 0.1) is 18.5 Å². The van der Waals surface area contributed by atoms with Crippen LogP contribution in [0.4, 0.5) is 0 Å². The highest BCUT2D eigenvalue weighted by Gasteiger charge is 2.00. The molecule has 0 fully saturated rings. The summed E-state index contributed by atoms with van der Waals surface area (Å²) in [6.07, 6.45) is 3.11. The van der Waals surface area contributed by atoms with E-state index in [9.17, 15) is 0 Å². The number of methoxy groups -OCH3 is 1. The summed E-state index contributed by atoms with van der Waals surface area (Å²) in [5, 5.41) is 7.96. The fraction of sp³-hybridized carbons (Fsp3) is 0.385. The molecule has 0 bridgehead atoms. The monoisotopic (exact) mass is 233 g/mol. The van der Waals surface area contributed by atoms with Gasteiger partial charge in [0.25, 0.3) is 0 Å². The molecule has 0 unspecified atom stereocenters. The number of nitrogens with zero attached hydrogens (tertiary/aromatic N) is 3. The maximum atomic E-state index is 4.96. The quantitative estimate of drug-likeness (QED) is 0.818. The van der Waals surface area contributed by atoms with Gasteiger partial charge in [-0.1, -0.05) is 43.7 Å². The average molecular weight is 233 g/mol. The maximum absolute atomic E-state index is 4.96. The van der Waals surface area contributed by atoms with Gasteiger partial charge in [-0.2, -0.15) is 0 Å². The van der Waals surface area contributed by atoms with Crippen LogP contribution in [0.2, 0.25) is 0 Å². The van der Waals surface area contributed by atoms with Crippen molar-refractivity contribution in [1.82, 2.24) is 15.0 Å². The Kier molecular flexibility index (Phi) is 5.96. The average Bonchev–Trinajstić information content (AvgIpc) is 2.80. The summed E-state index contributed by atoms with van der Waals surface area (Å²) in [6, 6.07) is 9.85. The molecular weight excluding hydrogens is 214 g/mol. The van der Waals surface area contributed by atoms with Crippen LogP contribution in [-0.2, 0) is 11.3 Å². The number of rotatable bonds is 3. The van der Waals surface area contributed by atoms with Gasteiger partial charge in [-0.3, -0.25) is 0 Å². The molecule has 1 heterocycles. The van der Waals surface area contributed by atoms with Gasteiger partial charge in [-0.25, -0.2) is 4.68 Å². The number of para-hydroxylation sites is 1. The van der Waals surface area contributed by atoms with Crippen molar-refractivity contribution in [2.45, 2.75) is 26.9 Å². The van der Waals surface area contributed by atoms with Crippen molar-refractivity contribution < 1.29 is 4.74 Å². The Morgan fingerprint density at radius 1 is 1.18 bits per heavy atom. The second-order valence-corrected chi connectivity index (χ2v) is 3.63. The van der Waals surface area contributed by atoms with Gasteiger partial charge < -0.3 is 4.74 Å². The number of ether oxygens (including phenoxy) is 1. The van der Waals surface area contributed by atoms with Crippen LogP contribution in [-0.4, -0.2) is 22.1 Å². The summed E-state index contributed by atoms with van der Waals surface area (Å²) in [7, 11) is 1.64. The molecule has 4 heteroatoms. The predicted octanol–water partition coefficient (Wildman–Crippen LogP) is 2.83. The van der Waals surface area contributed by atoms with Gasteiger partial charge in [0.2, 0.25) is 0 Å².